The summed E-state index contributed by atoms with van der Waals surface area (Å²) in [7, 11) is 4.25. The lowest BCUT2D eigenvalue weighted by atomic mass is 9.98. The van der Waals surface area contributed by atoms with Gasteiger partial charge in [0.1, 0.15) is 5.78 Å². The number of nitrogens with zero attached hydrogens (tertiary/aromatic N) is 2. The van der Waals surface area contributed by atoms with Gasteiger partial charge in [-0.2, -0.15) is 0 Å². The van der Waals surface area contributed by atoms with E-state index in [1.165, 1.54) is 11.1 Å². The fraction of sp³-hybridized carbons (Fsp3) is 0.562. The van der Waals surface area contributed by atoms with E-state index in [0.717, 1.165) is 19.6 Å². The zero-order valence-corrected chi connectivity index (χ0v) is 12.2. The molecule has 1 saturated heterocycles. The second kappa shape index (κ2) is 6.31. The molecule has 104 valence electrons. The van der Waals surface area contributed by atoms with Gasteiger partial charge in [0.2, 0.25) is 0 Å². The maximum Gasteiger partial charge on any atom is 0.138 e. The molecule has 1 atom stereocenters. The molecule has 2 rings (SSSR count). The van der Waals surface area contributed by atoms with Crippen LogP contribution in [-0.2, 0) is 11.2 Å². The van der Waals surface area contributed by atoms with E-state index < -0.39 is 0 Å². The minimum Gasteiger partial charge on any atom is -0.304 e. The number of carbonyl (C=O) groups is 1. The van der Waals surface area contributed by atoms with Gasteiger partial charge in [-0.25, -0.2) is 0 Å². The second-order valence-corrected chi connectivity index (χ2v) is 5.74. The monoisotopic (exact) mass is 260 g/mol. The molecule has 0 aromatic heterocycles. The summed E-state index contributed by atoms with van der Waals surface area (Å²) >= 11 is 0. The van der Waals surface area contributed by atoms with Crippen LogP contribution in [0, 0.1) is 6.92 Å². The van der Waals surface area contributed by atoms with E-state index in [0.29, 0.717) is 24.7 Å². The number of ketones is 1. The fourth-order valence-electron chi connectivity index (χ4n) is 2.68. The van der Waals surface area contributed by atoms with Gasteiger partial charge >= 0.3 is 0 Å². The summed E-state index contributed by atoms with van der Waals surface area (Å²) in [6.45, 7) is 5.22. The van der Waals surface area contributed by atoms with Crippen molar-refractivity contribution in [1.82, 2.24) is 9.80 Å². The zero-order chi connectivity index (χ0) is 13.8. The standard InChI is InChI=1S/C16H24N2O/c1-13-6-4-5-7-14(13)10-16(19)11-15-12-17(2)8-9-18(15)3/h4-7,15H,8-12H2,1-3H3. The van der Waals surface area contributed by atoms with E-state index in [9.17, 15) is 4.79 Å². The van der Waals surface area contributed by atoms with E-state index in [1.807, 2.05) is 12.1 Å². The fourth-order valence-corrected chi connectivity index (χ4v) is 2.68. The van der Waals surface area contributed by atoms with Crippen molar-refractivity contribution in [2.75, 3.05) is 33.7 Å². The molecular weight excluding hydrogens is 236 g/mol. The van der Waals surface area contributed by atoms with E-state index >= 15 is 0 Å². The topological polar surface area (TPSA) is 23.6 Å². The van der Waals surface area contributed by atoms with Crippen LogP contribution in [0.15, 0.2) is 24.3 Å². The number of carbonyl (C=O) groups excluding carboxylic acids is 1. The van der Waals surface area contributed by atoms with Gasteiger partial charge < -0.3 is 9.80 Å². The van der Waals surface area contributed by atoms with Crippen LogP contribution < -0.4 is 0 Å². The number of hydrogen-bond acceptors (Lipinski definition) is 3. The number of benzene rings is 1. The first-order chi connectivity index (χ1) is 9.06. The largest absolute Gasteiger partial charge is 0.304 e. The third kappa shape index (κ3) is 3.88. The molecule has 0 radical (unpaired) electrons. The van der Waals surface area contributed by atoms with E-state index in [4.69, 9.17) is 0 Å². The van der Waals surface area contributed by atoms with Crippen molar-refractivity contribution in [3.63, 3.8) is 0 Å². The highest BCUT2D eigenvalue weighted by atomic mass is 16.1. The van der Waals surface area contributed by atoms with Gasteiger partial charge in [0.05, 0.1) is 0 Å². The molecule has 0 amide bonds. The van der Waals surface area contributed by atoms with Gasteiger partial charge in [-0.1, -0.05) is 24.3 Å². The molecule has 3 heteroatoms. The molecule has 1 aromatic rings. The molecule has 0 N–H and O–H groups in total. The summed E-state index contributed by atoms with van der Waals surface area (Å²) in [5, 5.41) is 0. The Bertz CT molecular complexity index is 444. The minimum absolute atomic E-state index is 0.349. The maximum absolute atomic E-state index is 12.2. The molecule has 1 heterocycles. The van der Waals surface area contributed by atoms with Crippen LogP contribution in [0.5, 0.6) is 0 Å². The van der Waals surface area contributed by atoms with Crippen molar-refractivity contribution >= 4 is 5.78 Å². The summed E-state index contributed by atoms with van der Waals surface area (Å²) in [5.41, 5.74) is 2.38. The van der Waals surface area contributed by atoms with Crippen molar-refractivity contribution in [2.45, 2.75) is 25.8 Å². The molecule has 1 aliphatic heterocycles. The summed E-state index contributed by atoms with van der Waals surface area (Å²) in [4.78, 5) is 16.9. The lowest BCUT2D eigenvalue weighted by Gasteiger charge is -2.37. The Morgan fingerprint density at radius 1 is 1.26 bits per heavy atom. The molecular formula is C16H24N2O. The quantitative estimate of drug-likeness (QED) is 0.824. The molecule has 0 aliphatic carbocycles. The number of hydrogen-bond donors (Lipinski definition) is 0. The van der Waals surface area contributed by atoms with Crippen molar-refractivity contribution in [3.8, 4) is 0 Å². The average molecular weight is 260 g/mol. The normalized spacial score (nSPS) is 21.5. The van der Waals surface area contributed by atoms with E-state index in [2.05, 4.69) is 43.0 Å². The number of likely N-dealkylation sites (N-methyl/N-ethyl adjacent to an activating group) is 2. The van der Waals surface area contributed by atoms with Gasteiger partial charge in [-0.05, 0) is 32.1 Å². The molecule has 0 saturated carbocycles. The summed E-state index contributed by atoms with van der Waals surface area (Å²) in [6, 6.07) is 8.53. The van der Waals surface area contributed by atoms with Crippen molar-refractivity contribution < 1.29 is 4.79 Å². The van der Waals surface area contributed by atoms with Gasteiger partial charge in [-0.3, -0.25) is 4.79 Å². The highest BCUT2D eigenvalue weighted by Gasteiger charge is 2.24. The van der Waals surface area contributed by atoms with Crippen molar-refractivity contribution in [3.05, 3.63) is 35.4 Å². The molecule has 1 aliphatic rings. The number of piperazine rings is 1. The predicted molar refractivity (Wildman–Crippen MR) is 78.4 cm³/mol. The van der Waals surface area contributed by atoms with Crippen LogP contribution in [0.3, 0.4) is 0 Å². The SMILES string of the molecule is Cc1ccccc1CC(=O)CC1CN(C)CCN1C. The Balaban J connectivity index is 1.92. The van der Waals surface area contributed by atoms with E-state index in [-0.39, 0.29) is 0 Å². The first-order valence-corrected chi connectivity index (χ1v) is 7.01. The first-order valence-electron chi connectivity index (χ1n) is 7.01. The number of aryl methyl sites for hydroxylation is 1. The van der Waals surface area contributed by atoms with Crippen LogP contribution in [0.2, 0.25) is 0 Å². The first kappa shape index (κ1) is 14.2. The Morgan fingerprint density at radius 3 is 2.74 bits per heavy atom. The van der Waals surface area contributed by atoms with Gasteiger partial charge in [0, 0.05) is 38.5 Å². The molecule has 19 heavy (non-hydrogen) atoms. The zero-order valence-electron chi connectivity index (χ0n) is 12.2. The molecule has 1 fully saturated rings. The van der Waals surface area contributed by atoms with Crippen molar-refractivity contribution in [2.24, 2.45) is 0 Å². The Labute approximate surface area is 116 Å². The number of rotatable bonds is 4. The predicted octanol–water partition coefficient (Wildman–Crippen LogP) is 1.74. The molecule has 0 spiro atoms. The summed E-state index contributed by atoms with van der Waals surface area (Å²) in [6.07, 6.45) is 1.23. The Hall–Kier alpha value is -1.19. The highest BCUT2D eigenvalue weighted by Crippen LogP contribution is 2.13. The van der Waals surface area contributed by atoms with Crippen LogP contribution in [-0.4, -0.2) is 55.4 Å². The van der Waals surface area contributed by atoms with E-state index in [1.54, 1.807) is 0 Å². The van der Waals surface area contributed by atoms with Gasteiger partial charge in [-0.15, -0.1) is 0 Å². The van der Waals surface area contributed by atoms with Crippen LogP contribution in [0.1, 0.15) is 17.5 Å². The second-order valence-electron chi connectivity index (χ2n) is 5.74. The molecule has 1 unspecified atom stereocenters. The van der Waals surface area contributed by atoms with Gasteiger partial charge in [0.15, 0.2) is 0 Å². The van der Waals surface area contributed by atoms with Crippen LogP contribution in [0.4, 0.5) is 0 Å². The van der Waals surface area contributed by atoms with Crippen LogP contribution >= 0.6 is 0 Å². The Morgan fingerprint density at radius 2 is 2.00 bits per heavy atom. The third-order valence-electron chi connectivity index (χ3n) is 4.09. The average Bonchev–Trinajstić information content (AvgIpc) is 2.37. The minimum atomic E-state index is 0.349. The summed E-state index contributed by atoms with van der Waals surface area (Å²) in [5.74, 6) is 0.349. The lowest BCUT2D eigenvalue weighted by molar-refractivity contribution is -0.120. The molecule has 3 nitrogen and oxygen atoms in total. The summed E-state index contributed by atoms with van der Waals surface area (Å²) < 4.78 is 0. The molecule has 1 aromatic carbocycles. The van der Waals surface area contributed by atoms with Crippen LogP contribution in [0.25, 0.3) is 0 Å². The molecule has 0 bridgehead atoms. The van der Waals surface area contributed by atoms with Gasteiger partial charge in [0.25, 0.3) is 0 Å². The highest BCUT2D eigenvalue weighted by molar-refractivity contribution is 5.81. The number of Topliss-reactive ketones (excluding diaryl/α,β-unsaturated/α-hetero) is 1. The third-order valence-corrected chi connectivity index (χ3v) is 4.09. The van der Waals surface area contributed by atoms with Crippen molar-refractivity contribution in [1.29, 1.82) is 0 Å². The lowest BCUT2D eigenvalue weighted by Crippen LogP contribution is -2.50. The Kier molecular flexibility index (Phi) is 4.72. The smallest absolute Gasteiger partial charge is 0.138 e. The maximum atomic E-state index is 12.2.